The van der Waals surface area contributed by atoms with Crippen LogP contribution < -0.4 is 0 Å². The molecule has 22 heteroatoms. The van der Waals surface area contributed by atoms with Gasteiger partial charge in [0.2, 0.25) is 0 Å². The number of aromatic amines is 1. The molecule has 0 radical (unpaired) electrons. The molecule has 0 saturated heterocycles. The molecule has 4 aliphatic heterocycles. The van der Waals surface area contributed by atoms with E-state index in [0.717, 1.165) is 11.0 Å². The number of fused-ring (bicyclic) bond motifs is 22. The van der Waals surface area contributed by atoms with Gasteiger partial charge in [-0.05, 0) is 30.3 Å². The molecule has 6 aromatic carbocycles. The Kier molecular flexibility index (Phi) is 9.01. The minimum absolute atomic E-state index is 0.00662. The van der Waals surface area contributed by atoms with E-state index in [9.17, 15) is 45.1 Å². The van der Waals surface area contributed by atoms with Crippen LogP contribution in [0.1, 0.15) is 47.0 Å². The van der Waals surface area contributed by atoms with Crippen LogP contribution in [0.25, 0.3) is 89.7 Å². The zero-order chi connectivity index (χ0) is 49.5. The number of imide groups is 2. The summed E-state index contributed by atoms with van der Waals surface area (Å²) in [5, 5.41) is 0.710. The van der Waals surface area contributed by atoms with Gasteiger partial charge in [-0.15, -0.1) is 0 Å². The highest BCUT2D eigenvalue weighted by Crippen LogP contribution is 2.42. The van der Waals surface area contributed by atoms with Crippen molar-refractivity contribution in [2.75, 3.05) is 0 Å². The van der Waals surface area contributed by atoms with Crippen LogP contribution in [0.4, 0.5) is 0 Å². The van der Waals surface area contributed by atoms with Gasteiger partial charge in [-0.2, -0.15) is 16.8 Å². The molecule has 3 aromatic heterocycles. The third-order valence-electron chi connectivity index (χ3n) is 13.0. The number of rotatable bonds is 6. The molecule has 0 unspecified atom stereocenters. The Hall–Kier alpha value is -9.22. The van der Waals surface area contributed by atoms with Gasteiger partial charge in [-0.25, -0.2) is 29.9 Å². The van der Waals surface area contributed by atoms with Gasteiger partial charge in [0, 0.05) is 49.4 Å². The van der Waals surface area contributed by atoms with Gasteiger partial charge in [0.15, 0.2) is 23.3 Å². The van der Waals surface area contributed by atoms with Gasteiger partial charge >= 0.3 is 0 Å². The van der Waals surface area contributed by atoms with Gasteiger partial charge < -0.3 is 4.98 Å². The van der Waals surface area contributed by atoms with Crippen LogP contribution in [0, 0.1) is 0 Å². The molecular formula is C50H28N10O10S2. The lowest BCUT2D eigenvalue weighted by Gasteiger charge is -2.18. The summed E-state index contributed by atoms with van der Waals surface area (Å²) < 4.78 is 76.9. The predicted molar refractivity (Wildman–Crippen MR) is 257 cm³/mol. The molecule has 0 aliphatic carbocycles. The first kappa shape index (κ1) is 42.8. The normalized spacial score (nSPS) is 14.1. The monoisotopic (exact) mass is 992 g/mol. The number of nitrogens with one attached hydrogen (secondary N) is 1. The largest absolute Gasteiger partial charge is 0.324 e. The van der Waals surface area contributed by atoms with Crippen molar-refractivity contribution < 1.29 is 45.1 Å². The molecular weight excluding hydrogens is 965 g/mol. The van der Waals surface area contributed by atoms with E-state index in [1.165, 1.54) is 24.3 Å². The maximum absolute atomic E-state index is 14.0. The number of amides is 4. The lowest BCUT2D eigenvalue weighted by atomic mass is 10.1. The standard InChI is InChI=1S/C50H28N10O10S2/c61-47-30-17-7-8-18-31(30)48(62)58(47)22-35-37-34(21-36(71(65,66)67)38(35)72(68,69)70)43-53-39-24-11-1-3-13-26(24)41(51-39)56-45-28-15-5-6-16-29(28)46(59(45)23-60-49(63)32-19-9-10-20-33(32)50(60)64)57-42-27-14-4-2-12-25(27)40(52-42)54-44(37)55-43/h1-21H,22-23H2,(H,65,66,67)(H,68,69,70)(H,51,52,53,54,55,56,57). The SMILES string of the molecule is O=C1c2ccccc2C(=O)N1Cc1c(S(=O)(=O)O)c(S(=O)(=O)O)cc2c3nc4nc(nc5c6ccccc6c(nc6nc(nc([nH]3)c12)-c1ccccc1-6)n5CN1C(=O)c2ccccc2C1=O)-c1ccccc1-4. The fourth-order valence-electron chi connectivity index (χ4n) is 9.82. The van der Waals surface area contributed by atoms with Crippen molar-refractivity contribution in [2.24, 2.45) is 0 Å². The highest BCUT2D eigenvalue weighted by atomic mass is 32.2. The van der Waals surface area contributed by atoms with E-state index >= 15 is 0 Å². The summed E-state index contributed by atoms with van der Waals surface area (Å²) in [6.07, 6.45) is 0. The average Bonchev–Trinajstić information content (AvgIpc) is 4.18. The highest BCUT2D eigenvalue weighted by Gasteiger charge is 2.40. The maximum atomic E-state index is 14.0. The number of H-pyrrole nitrogens is 1. The summed E-state index contributed by atoms with van der Waals surface area (Å²) in [4.78, 5) is 87.9. The fourth-order valence-corrected chi connectivity index (χ4v) is 11.9. The second kappa shape index (κ2) is 15.1. The van der Waals surface area contributed by atoms with Crippen molar-refractivity contribution in [2.45, 2.75) is 23.0 Å². The molecule has 13 rings (SSSR count). The zero-order valence-corrected chi connectivity index (χ0v) is 38.2. The Balaban J connectivity index is 1.19. The molecule has 8 bridgehead atoms. The summed E-state index contributed by atoms with van der Waals surface area (Å²) in [5.74, 6) is -2.55. The van der Waals surface area contributed by atoms with Gasteiger partial charge in [0.1, 0.15) is 39.0 Å². The van der Waals surface area contributed by atoms with Crippen molar-refractivity contribution >= 4 is 88.0 Å². The number of hydrogen-bond donors (Lipinski definition) is 3. The summed E-state index contributed by atoms with van der Waals surface area (Å²) in [5.41, 5.74) is 1.67. The molecule has 350 valence electrons. The number of carbonyl (C=O) groups is 4. The van der Waals surface area contributed by atoms with E-state index in [1.807, 2.05) is 12.1 Å². The van der Waals surface area contributed by atoms with Gasteiger partial charge in [0.05, 0.1) is 28.8 Å². The van der Waals surface area contributed by atoms with E-state index in [1.54, 1.807) is 89.5 Å². The van der Waals surface area contributed by atoms with E-state index in [2.05, 4.69) is 4.98 Å². The number of hydrogen-bond acceptors (Lipinski definition) is 14. The van der Waals surface area contributed by atoms with Crippen LogP contribution >= 0.6 is 0 Å². The predicted octanol–water partition coefficient (Wildman–Crippen LogP) is 6.89. The molecule has 20 nitrogen and oxygen atoms in total. The molecule has 4 amide bonds. The van der Waals surface area contributed by atoms with E-state index in [0.29, 0.717) is 37.9 Å². The first-order valence-electron chi connectivity index (χ1n) is 21.8. The third kappa shape index (κ3) is 6.29. The van der Waals surface area contributed by atoms with Crippen LogP contribution in [-0.2, 0) is 33.4 Å². The van der Waals surface area contributed by atoms with Crippen molar-refractivity contribution in [1.82, 2.24) is 49.3 Å². The molecule has 7 heterocycles. The Morgan fingerprint density at radius 1 is 0.444 bits per heavy atom. The van der Waals surface area contributed by atoms with E-state index < -0.39 is 65.8 Å². The Bertz CT molecular complexity index is 4410. The average molecular weight is 993 g/mol. The highest BCUT2D eigenvalue weighted by molar-refractivity contribution is 7.89. The molecule has 0 atom stereocenters. The van der Waals surface area contributed by atoms with Gasteiger partial charge in [0.25, 0.3) is 43.9 Å². The number of aromatic nitrogens is 8. The minimum atomic E-state index is -5.63. The Labute approximate surface area is 404 Å². The fraction of sp³-hybridized carbons (Fsp3) is 0.0400. The third-order valence-corrected chi connectivity index (χ3v) is 15.0. The quantitative estimate of drug-likeness (QED) is 0.113. The number of nitrogens with zero attached hydrogens (tertiary/aromatic N) is 9. The smallest absolute Gasteiger partial charge is 0.296 e. The van der Waals surface area contributed by atoms with E-state index in [-0.39, 0.29) is 85.6 Å². The van der Waals surface area contributed by atoms with Crippen molar-refractivity contribution in [1.29, 1.82) is 0 Å². The second-order valence-corrected chi connectivity index (χ2v) is 19.8. The topological polar surface area (TPSA) is 282 Å². The Morgan fingerprint density at radius 2 is 0.833 bits per heavy atom. The van der Waals surface area contributed by atoms with Crippen LogP contribution in [0.5, 0.6) is 0 Å². The van der Waals surface area contributed by atoms with Crippen LogP contribution in [-0.4, -0.2) is 98.8 Å². The molecule has 3 N–H and O–H groups in total. The lowest BCUT2D eigenvalue weighted by molar-refractivity contribution is 0.0604. The van der Waals surface area contributed by atoms with Crippen molar-refractivity contribution in [3.8, 4) is 45.6 Å². The summed E-state index contributed by atoms with van der Waals surface area (Å²) in [6.45, 7) is -1.29. The van der Waals surface area contributed by atoms with Crippen LogP contribution in [0.3, 0.4) is 0 Å². The first-order valence-corrected chi connectivity index (χ1v) is 24.7. The zero-order valence-electron chi connectivity index (χ0n) is 36.5. The van der Waals surface area contributed by atoms with Crippen molar-refractivity contribution in [3.05, 3.63) is 155 Å². The number of carbonyl (C=O) groups excluding carboxylic acids is 4. The molecule has 9 aromatic rings. The maximum Gasteiger partial charge on any atom is 0.296 e. The molecule has 0 spiro atoms. The van der Waals surface area contributed by atoms with E-state index in [4.69, 9.17) is 29.9 Å². The molecule has 0 saturated carbocycles. The number of benzene rings is 6. The first-order chi connectivity index (χ1) is 34.6. The van der Waals surface area contributed by atoms with Crippen LogP contribution in [0.15, 0.2) is 137 Å². The van der Waals surface area contributed by atoms with Gasteiger partial charge in [-0.1, -0.05) is 97.1 Å². The summed E-state index contributed by atoms with van der Waals surface area (Å²) in [7, 11) is -11.2. The molecule has 72 heavy (non-hydrogen) atoms. The summed E-state index contributed by atoms with van der Waals surface area (Å²) >= 11 is 0. The molecule has 0 fully saturated rings. The Morgan fingerprint density at radius 3 is 1.26 bits per heavy atom. The summed E-state index contributed by atoms with van der Waals surface area (Å²) in [6, 6.07) is 34.1. The lowest BCUT2D eigenvalue weighted by Crippen LogP contribution is -2.32. The van der Waals surface area contributed by atoms with Crippen LogP contribution in [0.2, 0.25) is 0 Å². The molecule has 4 aliphatic rings. The second-order valence-electron chi connectivity index (χ2n) is 17.0. The minimum Gasteiger partial charge on any atom is -0.324 e. The van der Waals surface area contributed by atoms with Gasteiger partial charge in [-0.3, -0.25) is 42.7 Å². The van der Waals surface area contributed by atoms with Crippen molar-refractivity contribution in [3.63, 3.8) is 0 Å².